The number of benzene rings is 2. The van der Waals surface area contributed by atoms with Gasteiger partial charge in [-0.05, 0) is 42.8 Å². The molecule has 0 spiro atoms. The van der Waals surface area contributed by atoms with E-state index in [1.807, 2.05) is 42.5 Å². The van der Waals surface area contributed by atoms with Gasteiger partial charge in [-0.3, -0.25) is 4.79 Å². The molecule has 1 amide bonds. The highest BCUT2D eigenvalue weighted by molar-refractivity contribution is 7.99. The first-order valence-corrected chi connectivity index (χ1v) is 8.70. The molecule has 1 heterocycles. The molecule has 1 fully saturated rings. The second-order valence-electron chi connectivity index (χ2n) is 5.82. The zero-order chi connectivity index (χ0) is 16.9. The molecular formula is C19H18N2O2S. The second kappa shape index (κ2) is 7.52. The van der Waals surface area contributed by atoms with Crippen LogP contribution in [0.5, 0.6) is 0 Å². The van der Waals surface area contributed by atoms with Crippen LogP contribution in [0.15, 0.2) is 58.3 Å². The lowest BCUT2D eigenvalue weighted by atomic mass is 10.1. The van der Waals surface area contributed by atoms with E-state index in [1.165, 1.54) is 11.8 Å². The van der Waals surface area contributed by atoms with E-state index >= 15 is 0 Å². The molecular weight excluding hydrogens is 320 g/mol. The van der Waals surface area contributed by atoms with E-state index in [-0.39, 0.29) is 18.4 Å². The maximum absolute atomic E-state index is 12.5. The van der Waals surface area contributed by atoms with Gasteiger partial charge in [0.2, 0.25) is 0 Å². The van der Waals surface area contributed by atoms with E-state index in [2.05, 4.69) is 6.07 Å². The van der Waals surface area contributed by atoms with E-state index in [0.717, 1.165) is 16.2 Å². The van der Waals surface area contributed by atoms with Gasteiger partial charge in [-0.1, -0.05) is 23.9 Å². The predicted octanol–water partition coefficient (Wildman–Crippen LogP) is 3.16. The fourth-order valence-corrected chi connectivity index (χ4v) is 3.69. The summed E-state index contributed by atoms with van der Waals surface area (Å²) in [6, 6.07) is 17.1. The molecule has 1 aliphatic heterocycles. The molecule has 0 aliphatic carbocycles. The number of nitriles is 1. The minimum Gasteiger partial charge on any atom is -0.396 e. The van der Waals surface area contributed by atoms with Crippen LogP contribution < -0.4 is 0 Å². The number of rotatable bonds is 4. The molecule has 122 valence electrons. The van der Waals surface area contributed by atoms with Crippen LogP contribution in [-0.2, 0) is 0 Å². The van der Waals surface area contributed by atoms with E-state index < -0.39 is 0 Å². The van der Waals surface area contributed by atoms with Gasteiger partial charge < -0.3 is 10.0 Å². The minimum atomic E-state index is 0.0138. The van der Waals surface area contributed by atoms with Gasteiger partial charge in [-0.2, -0.15) is 5.26 Å². The van der Waals surface area contributed by atoms with Crippen LogP contribution in [0.1, 0.15) is 22.3 Å². The number of amides is 1. The van der Waals surface area contributed by atoms with Crippen molar-refractivity contribution in [3.05, 3.63) is 59.7 Å². The van der Waals surface area contributed by atoms with Crippen LogP contribution in [0.4, 0.5) is 0 Å². The van der Waals surface area contributed by atoms with Crippen molar-refractivity contribution in [3.8, 4) is 6.07 Å². The number of hydrogen-bond donors (Lipinski definition) is 1. The Hall–Kier alpha value is -2.29. The van der Waals surface area contributed by atoms with Gasteiger partial charge in [-0.25, -0.2) is 0 Å². The van der Waals surface area contributed by atoms with Crippen LogP contribution in [-0.4, -0.2) is 35.6 Å². The highest BCUT2D eigenvalue weighted by Gasteiger charge is 2.26. The third-order valence-corrected chi connectivity index (χ3v) is 5.25. The van der Waals surface area contributed by atoms with Gasteiger partial charge in [0.05, 0.1) is 5.56 Å². The van der Waals surface area contributed by atoms with Crippen LogP contribution in [0, 0.1) is 17.2 Å². The molecule has 1 aliphatic rings. The van der Waals surface area contributed by atoms with Crippen molar-refractivity contribution in [2.24, 2.45) is 5.92 Å². The molecule has 24 heavy (non-hydrogen) atoms. The standard InChI is InChI=1S/C19H18N2O2S/c20-11-16-3-1-2-4-18(16)24-17-7-5-15(6-8-17)19(23)21-10-9-14(12-21)13-22/h1-8,14,22H,9-10,12-13H2. The van der Waals surface area contributed by atoms with Crippen molar-refractivity contribution in [2.75, 3.05) is 19.7 Å². The monoisotopic (exact) mass is 338 g/mol. The normalized spacial score (nSPS) is 16.8. The zero-order valence-electron chi connectivity index (χ0n) is 13.2. The Bertz CT molecular complexity index is 768. The highest BCUT2D eigenvalue weighted by Crippen LogP contribution is 2.30. The van der Waals surface area contributed by atoms with Crippen LogP contribution in [0.3, 0.4) is 0 Å². The summed E-state index contributed by atoms with van der Waals surface area (Å²) in [7, 11) is 0. The molecule has 1 atom stereocenters. The lowest BCUT2D eigenvalue weighted by Crippen LogP contribution is -2.29. The molecule has 1 unspecified atom stereocenters. The Balaban J connectivity index is 1.70. The van der Waals surface area contributed by atoms with Crippen LogP contribution >= 0.6 is 11.8 Å². The summed E-state index contributed by atoms with van der Waals surface area (Å²) >= 11 is 1.52. The Morgan fingerprint density at radius 1 is 1.25 bits per heavy atom. The van der Waals surface area contributed by atoms with E-state index in [4.69, 9.17) is 5.26 Å². The number of carbonyl (C=O) groups excluding carboxylic acids is 1. The van der Waals surface area contributed by atoms with Gasteiger partial charge in [-0.15, -0.1) is 0 Å². The maximum Gasteiger partial charge on any atom is 0.253 e. The summed E-state index contributed by atoms with van der Waals surface area (Å²) in [6.07, 6.45) is 0.862. The molecule has 5 heteroatoms. The summed E-state index contributed by atoms with van der Waals surface area (Å²) in [6.45, 7) is 1.47. The van der Waals surface area contributed by atoms with E-state index in [9.17, 15) is 9.90 Å². The van der Waals surface area contributed by atoms with Crippen molar-refractivity contribution in [1.29, 1.82) is 5.26 Å². The summed E-state index contributed by atoms with van der Waals surface area (Å²) in [5.41, 5.74) is 1.31. The summed E-state index contributed by atoms with van der Waals surface area (Å²) in [5, 5.41) is 18.3. The molecule has 2 aromatic carbocycles. The average Bonchev–Trinajstić information content (AvgIpc) is 3.11. The SMILES string of the molecule is N#Cc1ccccc1Sc1ccc(C(=O)N2CCC(CO)C2)cc1. The first-order valence-electron chi connectivity index (χ1n) is 7.88. The molecule has 3 rings (SSSR count). The first kappa shape index (κ1) is 16.6. The molecule has 1 saturated heterocycles. The van der Waals surface area contributed by atoms with Crippen LogP contribution in [0.2, 0.25) is 0 Å². The topological polar surface area (TPSA) is 64.3 Å². The second-order valence-corrected chi connectivity index (χ2v) is 6.94. The zero-order valence-corrected chi connectivity index (χ0v) is 14.0. The molecule has 1 N–H and O–H groups in total. The fraction of sp³-hybridized carbons (Fsp3) is 0.263. The number of likely N-dealkylation sites (tertiary alicyclic amines) is 1. The highest BCUT2D eigenvalue weighted by atomic mass is 32.2. The molecule has 2 aromatic rings. The predicted molar refractivity (Wildman–Crippen MR) is 92.8 cm³/mol. The maximum atomic E-state index is 12.5. The molecule has 0 bridgehead atoms. The lowest BCUT2D eigenvalue weighted by Gasteiger charge is -2.16. The quantitative estimate of drug-likeness (QED) is 0.930. The van der Waals surface area contributed by atoms with Crippen LogP contribution in [0.25, 0.3) is 0 Å². The summed E-state index contributed by atoms with van der Waals surface area (Å²) in [4.78, 5) is 16.2. The number of hydrogen-bond acceptors (Lipinski definition) is 4. The Labute approximate surface area is 145 Å². The van der Waals surface area contributed by atoms with E-state index in [0.29, 0.717) is 24.2 Å². The third-order valence-electron chi connectivity index (χ3n) is 4.17. The Morgan fingerprint density at radius 2 is 2.00 bits per heavy atom. The largest absolute Gasteiger partial charge is 0.396 e. The lowest BCUT2D eigenvalue weighted by molar-refractivity contribution is 0.0782. The van der Waals surface area contributed by atoms with Crippen molar-refractivity contribution in [3.63, 3.8) is 0 Å². The van der Waals surface area contributed by atoms with E-state index in [1.54, 1.807) is 11.0 Å². The number of nitrogens with zero attached hydrogens (tertiary/aromatic N) is 2. The van der Waals surface area contributed by atoms with Gasteiger partial charge in [0.1, 0.15) is 6.07 Å². The van der Waals surface area contributed by atoms with Crippen molar-refractivity contribution in [2.45, 2.75) is 16.2 Å². The Kier molecular flexibility index (Phi) is 5.19. The number of aliphatic hydroxyl groups excluding tert-OH is 1. The molecule has 0 radical (unpaired) electrons. The third kappa shape index (κ3) is 3.61. The number of carbonyl (C=O) groups is 1. The van der Waals surface area contributed by atoms with Gasteiger partial charge in [0.25, 0.3) is 5.91 Å². The summed E-state index contributed by atoms with van der Waals surface area (Å²) < 4.78 is 0. The van der Waals surface area contributed by atoms with Gasteiger partial charge in [0, 0.05) is 41.0 Å². The minimum absolute atomic E-state index is 0.0138. The molecule has 0 aromatic heterocycles. The Morgan fingerprint density at radius 3 is 2.67 bits per heavy atom. The van der Waals surface area contributed by atoms with Crippen molar-refractivity contribution in [1.82, 2.24) is 4.90 Å². The summed E-state index contributed by atoms with van der Waals surface area (Å²) in [5.74, 6) is 0.214. The average molecular weight is 338 g/mol. The number of aliphatic hydroxyl groups is 1. The molecule has 4 nitrogen and oxygen atoms in total. The first-order chi connectivity index (χ1) is 11.7. The van der Waals surface area contributed by atoms with Crippen molar-refractivity contribution < 1.29 is 9.90 Å². The fourth-order valence-electron chi connectivity index (χ4n) is 2.79. The van der Waals surface area contributed by atoms with Crippen molar-refractivity contribution >= 4 is 17.7 Å². The van der Waals surface area contributed by atoms with Gasteiger partial charge >= 0.3 is 0 Å². The smallest absolute Gasteiger partial charge is 0.253 e. The molecule has 0 saturated carbocycles. The van der Waals surface area contributed by atoms with Gasteiger partial charge in [0.15, 0.2) is 0 Å².